The number of esters is 1. The summed E-state index contributed by atoms with van der Waals surface area (Å²) in [6.07, 6.45) is 0. The van der Waals surface area contributed by atoms with Crippen molar-refractivity contribution < 1.29 is 24.2 Å². The molecule has 1 rings (SSSR count). The first-order valence-corrected chi connectivity index (χ1v) is 4.86. The maximum Gasteiger partial charge on any atom is 0.397 e. The Bertz CT molecular complexity index is 455. The lowest BCUT2D eigenvalue weighted by atomic mass is 10.2. The van der Waals surface area contributed by atoms with Gasteiger partial charge in [-0.3, -0.25) is 4.79 Å². The number of benzene rings is 1. The number of rotatable bonds is 3. The maximum absolute atomic E-state index is 11.3. The van der Waals surface area contributed by atoms with Crippen molar-refractivity contribution in [3.8, 4) is 0 Å². The van der Waals surface area contributed by atoms with Gasteiger partial charge in [0.25, 0.3) is 0 Å². The number of ether oxygens (including phenoxy) is 1. The number of anilines is 1. The average molecular weight is 237 g/mol. The van der Waals surface area contributed by atoms with Gasteiger partial charge in [0.2, 0.25) is 0 Å². The van der Waals surface area contributed by atoms with Crippen LogP contribution in [0.2, 0.25) is 0 Å². The largest absolute Gasteiger partial charge is 0.478 e. The number of carboxylic acid groups (broad SMARTS) is 1. The third-order valence-electron chi connectivity index (χ3n) is 1.83. The lowest BCUT2D eigenvalue weighted by Crippen LogP contribution is -2.25. The highest BCUT2D eigenvalue weighted by Gasteiger charge is 2.15. The van der Waals surface area contributed by atoms with Crippen molar-refractivity contribution in [1.82, 2.24) is 0 Å². The van der Waals surface area contributed by atoms with Gasteiger partial charge in [0.15, 0.2) is 0 Å². The lowest BCUT2D eigenvalue weighted by molar-refractivity contribution is -0.152. The van der Waals surface area contributed by atoms with Crippen molar-refractivity contribution in [2.75, 3.05) is 11.9 Å². The molecular weight excluding hydrogens is 226 g/mol. The van der Waals surface area contributed by atoms with E-state index in [2.05, 4.69) is 10.1 Å². The highest BCUT2D eigenvalue weighted by Crippen LogP contribution is 2.10. The number of carboxylic acids is 1. The van der Waals surface area contributed by atoms with Gasteiger partial charge in [-0.05, 0) is 25.1 Å². The molecule has 0 aromatic heterocycles. The van der Waals surface area contributed by atoms with Gasteiger partial charge in [-0.1, -0.05) is 6.07 Å². The highest BCUT2D eigenvalue weighted by molar-refractivity contribution is 6.37. The summed E-state index contributed by atoms with van der Waals surface area (Å²) in [4.78, 5) is 32.9. The quantitative estimate of drug-likeness (QED) is 0.601. The molecule has 0 atom stereocenters. The second kappa shape index (κ2) is 5.64. The monoisotopic (exact) mass is 237 g/mol. The second-order valence-electron chi connectivity index (χ2n) is 3.06. The van der Waals surface area contributed by atoms with Crippen molar-refractivity contribution in [1.29, 1.82) is 0 Å². The fourth-order valence-corrected chi connectivity index (χ4v) is 1.11. The molecule has 1 aromatic carbocycles. The van der Waals surface area contributed by atoms with E-state index in [4.69, 9.17) is 5.11 Å². The standard InChI is InChI=1S/C11H11NO5/c1-2-17-11(16)9(13)12-8-5-3-4-7(6-8)10(14)15/h3-6H,2H2,1H3,(H,12,13)(H,14,15). The van der Waals surface area contributed by atoms with Gasteiger partial charge in [0.1, 0.15) is 0 Å². The van der Waals surface area contributed by atoms with Gasteiger partial charge >= 0.3 is 17.8 Å². The van der Waals surface area contributed by atoms with Crippen LogP contribution in [0.15, 0.2) is 24.3 Å². The van der Waals surface area contributed by atoms with Gasteiger partial charge < -0.3 is 15.2 Å². The van der Waals surface area contributed by atoms with Crippen LogP contribution < -0.4 is 5.32 Å². The molecule has 0 spiro atoms. The third kappa shape index (κ3) is 3.60. The third-order valence-corrected chi connectivity index (χ3v) is 1.83. The molecular formula is C11H11NO5. The summed E-state index contributed by atoms with van der Waals surface area (Å²) in [7, 11) is 0. The predicted molar refractivity (Wildman–Crippen MR) is 58.7 cm³/mol. The van der Waals surface area contributed by atoms with Crippen LogP contribution >= 0.6 is 0 Å². The molecule has 2 N–H and O–H groups in total. The van der Waals surface area contributed by atoms with Gasteiger partial charge in [-0.15, -0.1) is 0 Å². The van der Waals surface area contributed by atoms with Crippen molar-refractivity contribution in [3.05, 3.63) is 29.8 Å². The van der Waals surface area contributed by atoms with Crippen LogP contribution in [0.25, 0.3) is 0 Å². The molecule has 0 aliphatic carbocycles. The van der Waals surface area contributed by atoms with E-state index in [-0.39, 0.29) is 17.9 Å². The molecule has 1 amide bonds. The second-order valence-corrected chi connectivity index (χ2v) is 3.06. The van der Waals surface area contributed by atoms with Crippen LogP contribution in [-0.2, 0) is 14.3 Å². The van der Waals surface area contributed by atoms with E-state index in [0.717, 1.165) is 0 Å². The molecule has 0 fully saturated rings. The van der Waals surface area contributed by atoms with Gasteiger partial charge in [0.05, 0.1) is 12.2 Å². The summed E-state index contributed by atoms with van der Waals surface area (Å²) in [6, 6.07) is 5.57. The van der Waals surface area contributed by atoms with Crippen LogP contribution in [0.1, 0.15) is 17.3 Å². The molecule has 0 aliphatic rings. The molecule has 90 valence electrons. The number of hydrogen-bond donors (Lipinski definition) is 2. The number of amides is 1. The Hall–Kier alpha value is -2.37. The normalized spacial score (nSPS) is 9.47. The van der Waals surface area contributed by atoms with E-state index in [0.29, 0.717) is 0 Å². The number of hydrogen-bond acceptors (Lipinski definition) is 4. The van der Waals surface area contributed by atoms with E-state index >= 15 is 0 Å². The molecule has 0 saturated carbocycles. The minimum absolute atomic E-state index is 0.0201. The molecule has 6 nitrogen and oxygen atoms in total. The number of carbonyl (C=O) groups excluding carboxylic acids is 2. The van der Waals surface area contributed by atoms with Crippen LogP contribution in [0.3, 0.4) is 0 Å². The lowest BCUT2D eigenvalue weighted by Gasteiger charge is -2.05. The van der Waals surface area contributed by atoms with Crippen molar-refractivity contribution in [2.45, 2.75) is 6.92 Å². The number of nitrogens with one attached hydrogen (secondary N) is 1. The van der Waals surface area contributed by atoms with E-state index in [1.807, 2.05) is 0 Å². The summed E-state index contributed by atoms with van der Waals surface area (Å²) in [5.41, 5.74) is 0.245. The number of aromatic carboxylic acids is 1. The molecule has 0 aliphatic heterocycles. The molecule has 17 heavy (non-hydrogen) atoms. The van der Waals surface area contributed by atoms with Crippen molar-refractivity contribution in [3.63, 3.8) is 0 Å². The van der Waals surface area contributed by atoms with Crippen molar-refractivity contribution in [2.24, 2.45) is 0 Å². The summed E-state index contributed by atoms with van der Waals surface area (Å²) in [5, 5.41) is 11.0. The van der Waals surface area contributed by atoms with E-state index in [9.17, 15) is 14.4 Å². The zero-order chi connectivity index (χ0) is 12.8. The van der Waals surface area contributed by atoms with E-state index in [1.54, 1.807) is 6.92 Å². The van der Waals surface area contributed by atoms with Crippen LogP contribution in [0.5, 0.6) is 0 Å². The smallest absolute Gasteiger partial charge is 0.397 e. The predicted octanol–water partition coefficient (Wildman–Crippen LogP) is 0.886. The molecule has 0 heterocycles. The molecule has 0 saturated heterocycles. The molecule has 1 aromatic rings. The zero-order valence-corrected chi connectivity index (χ0v) is 9.10. The Labute approximate surface area is 97.2 Å². The van der Waals surface area contributed by atoms with Crippen LogP contribution in [0, 0.1) is 0 Å². The zero-order valence-electron chi connectivity index (χ0n) is 9.10. The summed E-state index contributed by atoms with van der Waals surface area (Å²) in [6.45, 7) is 1.68. The van der Waals surface area contributed by atoms with E-state index in [1.165, 1.54) is 24.3 Å². The fraction of sp³-hybridized carbons (Fsp3) is 0.182. The highest BCUT2D eigenvalue weighted by atomic mass is 16.5. The topological polar surface area (TPSA) is 92.7 Å². The summed E-state index contributed by atoms with van der Waals surface area (Å²) in [5.74, 6) is -3.06. The Morgan fingerprint density at radius 1 is 1.35 bits per heavy atom. The first kappa shape index (κ1) is 12.7. The molecule has 0 bridgehead atoms. The minimum Gasteiger partial charge on any atom is -0.478 e. The van der Waals surface area contributed by atoms with Gasteiger partial charge in [0, 0.05) is 5.69 Å². The molecule has 0 unspecified atom stereocenters. The Kier molecular flexibility index (Phi) is 4.21. The van der Waals surface area contributed by atoms with E-state index < -0.39 is 17.8 Å². The Morgan fingerprint density at radius 3 is 2.65 bits per heavy atom. The first-order valence-electron chi connectivity index (χ1n) is 4.86. The van der Waals surface area contributed by atoms with Crippen LogP contribution in [-0.4, -0.2) is 29.6 Å². The van der Waals surface area contributed by atoms with Crippen molar-refractivity contribution >= 4 is 23.5 Å². The first-order chi connectivity index (χ1) is 8.04. The SMILES string of the molecule is CCOC(=O)C(=O)Nc1cccc(C(=O)O)c1. The Morgan fingerprint density at radius 2 is 2.06 bits per heavy atom. The minimum atomic E-state index is -1.11. The summed E-state index contributed by atoms with van der Waals surface area (Å²) < 4.78 is 4.49. The van der Waals surface area contributed by atoms with Crippen LogP contribution in [0.4, 0.5) is 5.69 Å². The maximum atomic E-state index is 11.3. The molecule has 0 radical (unpaired) electrons. The fourth-order valence-electron chi connectivity index (χ4n) is 1.11. The van der Waals surface area contributed by atoms with Gasteiger partial charge in [-0.25, -0.2) is 9.59 Å². The Balaban J connectivity index is 2.75. The molecule has 6 heteroatoms. The summed E-state index contributed by atoms with van der Waals surface area (Å²) >= 11 is 0. The number of carbonyl (C=O) groups is 3. The van der Waals surface area contributed by atoms with Gasteiger partial charge in [-0.2, -0.15) is 0 Å². The average Bonchev–Trinajstić information content (AvgIpc) is 2.29.